The lowest BCUT2D eigenvalue weighted by Crippen LogP contribution is -2.29. The number of amides is 1. The van der Waals surface area contributed by atoms with Crippen molar-refractivity contribution in [3.63, 3.8) is 0 Å². The second kappa shape index (κ2) is 8.08. The van der Waals surface area contributed by atoms with E-state index in [0.717, 1.165) is 15.8 Å². The summed E-state index contributed by atoms with van der Waals surface area (Å²) < 4.78 is 6.32. The Bertz CT molecular complexity index is 1260. The van der Waals surface area contributed by atoms with Crippen molar-refractivity contribution in [2.24, 2.45) is 0 Å². The van der Waals surface area contributed by atoms with E-state index < -0.39 is 5.56 Å². The van der Waals surface area contributed by atoms with Crippen molar-refractivity contribution in [2.45, 2.75) is 20.4 Å². The lowest BCUT2D eigenvalue weighted by molar-refractivity contribution is -0.117. The van der Waals surface area contributed by atoms with Crippen LogP contribution in [0.4, 0.5) is 5.69 Å². The molecule has 30 heavy (non-hydrogen) atoms. The highest BCUT2D eigenvalue weighted by Crippen LogP contribution is 2.19. The number of anilines is 1. The van der Waals surface area contributed by atoms with Crippen molar-refractivity contribution in [3.05, 3.63) is 76.3 Å². The molecule has 9 heteroatoms. The Morgan fingerprint density at radius 1 is 1.17 bits per heavy atom. The molecule has 0 saturated carbocycles. The van der Waals surface area contributed by atoms with Gasteiger partial charge in [0, 0.05) is 29.7 Å². The molecule has 3 heterocycles. The van der Waals surface area contributed by atoms with Crippen molar-refractivity contribution < 1.29 is 9.32 Å². The van der Waals surface area contributed by atoms with Crippen LogP contribution in [-0.4, -0.2) is 30.8 Å². The first-order valence-electron chi connectivity index (χ1n) is 9.19. The molecule has 1 N–H and O–H groups in total. The summed E-state index contributed by atoms with van der Waals surface area (Å²) in [6, 6.07) is 12.0. The third kappa shape index (κ3) is 4.14. The van der Waals surface area contributed by atoms with Gasteiger partial charge in [-0.25, -0.2) is 4.68 Å². The van der Waals surface area contributed by atoms with E-state index in [4.69, 9.17) is 4.52 Å². The van der Waals surface area contributed by atoms with Gasteiger partial charge in [0.05, 0.1) is 0 Å². The zero-order valence-electron chi connectivity index (χ0n) is 16.4. The Hall–Kier alpha value is -4.14. The topological polar surface area (TPSA) is 116 Å². The van der Waals surface area contributed by atoms with E-state index >= 15 is 0 Å². The highest BCUT2D eigenvalue weighted by Gasteiger charge is 2.15. The fourth-order valence-corrected chi connectivity index (χ4v) is 2.90. The van der Waals surface area contributed by atoms with Crippen LogP contribution in [-0.2, 0) is 11.3 Å². The average molecular weight is 402 g/mol. The Morgan fingerprint density at radius 2 is 2.03 bits per heavy atom. The average Bonchev–Trinajstić information content (AvgIpc) is 3.23. The minimum Gasteiger partial charge on any atom is -0.332 e. The standard InChI is InChI=1S/C21H18N6O3/c1-13-5-6-16(14(2)10-13)23-18(28)12-27-19(29)8-7-17(25-27)21-24-20(26-30-21)15-4-3-9-22-11-15/h3-11H,12H2,1-2H3,(H,23,28). The highest BCUT2D eigenvalue weighted by molar-refractivity contribution is 5.91. The largest absolute Gasteiger partial charge is 0.332 e. The molecule has 0 atom stereocenters. The summed E-state index contributed by atoms with van der Waals surface area (Å²) in [5.41, 5.74) is 3.28. The Labute approximate surface area is 171 Å². The number of carbonyl (C=O) groups excluding carboxylic acids is 1. The fraction of sp³-hybridized carbons (Fsp3) is 0.143. The predicted molar refractivity (Wildman–Crippen MR) is 110 cm³/mol. The van der Waals surface area contributed by atoms with Gasteiger partial charge in [-0.3, -0.25) is 14.6 Å². The van der Waals surface area contributed by atoms with Crippen LogP contribution < -0.4 is 10.9 Å². The van der Waals surface area contributed by atoms with Crippen LogP contribution in [0.5, 0.6) is 0 Å². The summed E-state index contributed by atoms with van der Waals surface area (Å²) in [6.07, 6.45) is 3.26. The van der Waals surface area contributed by atoms with Crippen LogP contribution in [0.3, 0.4) is 0 Å². The van der Waals surface area contributed by atoms with Gasteiger partial charge in [0.15, 0.2) is 0 Å². The van der Waals surface area contributed by atoms with Crippen LogP contribution in [0.2, 0.25) is 0 Å². The number of aromatic nitrogens is 5. The Morgan fingerprint density at radius 3 is 2.80 bits per heavy atom. The molecule has 0 aliphatic heterocycles. The zero-order valence-corrected chi connectivity index (χ0v) is 16.4. The van der Waals surface area contributed by atoms with Gasteiger partial charge in [-0.2, -0.15) is 10.1 Å². The third-order valence-corrected chi connectivity index (χ3v) is 4.38. The zero-order chi connectivity index (χ0) is 21.1. The van der Waals surface area contributed by atoms with Gasteiger partial charge in [0.2, 0.25) is 11.7 Å². The van der Waals surface area contributed by atoms with Crippen LogP contribution in [0, 0.1) is 13.8 Å². The minimum atomic E-state index is -0.415. The number of pyridine rings is 1. The van der Waals surface area contributed by atoms with Gasteiger partial charge in [0.1, 0.15) is 12.2 Å². The van der Waals surface area contributed by atoms with Crippen molar-refractivity contribution >= 4 is 11.6 Å². The van der Waals surface area contributed by atoms with Crippen LogP contribution in [0.25, 0.3) is 23.0 Å². The molecule has 0 radical (unpaired) electrons. The fourth-order valence-electron chi connectivity index (χ4n) is 2.90. The van der Waals surface area contributed by atoms with E-state index in [1.165, 1.54) is 12.1 Å². The smallest absolute Gasteiger partial charge is 0.278 e. The van der Waals surface area contributed by atoms with Crippen molar-refractivity contribution in [2.75, 3.05) is 5.32 Å². The van der Waals surface area contributed by atoms with E-state index in [9.17, 15) is 9.59 Å². The third-order valence-electron chi connectivity index (χ3n) is 4.38. The first-order chi connectivity index (χ1) is 14.5. The number of carbonyl (C=O) groups is 1. The molecule has 1 amide bonds. The summed E-state index contributed by atoms with van der Waals surface area (Å²) in [5, 5.41) is 10.9. The molecule has 0 saturated heterocycles. The molecule has 0 fully saturated rings. The molecule has 4 aromatic rings. The lowest BCUT2D eigenvalue weighted by atomic mass is 10.1. The van der Waals surface area contributed by atoms with E-state index in [2.05, 4.69) is 25.5 Å². The molecule has 3 aromatic heterocycles. The predicted octanol–water partition coefficient (Wildman–Crippen LogP) is 2.61. The van der Waals surface area contributed by atoms with E-state index in [0.29, 0.717) is 17.1 Å². The van der Waals surface area contributed by atoms with Crippen molar-refractivity contribution in [3.8, 4) is 23.0 Å². The van der Waals surface area contributed by atoms with Crippen LogP contribution >= 0.6 is 0 Å². The number of nitrogens with one attached hydrogen (secondary N) is 1. The van der Waals surface area contributed by atoms with Gasteiger partial charge < -0.3 is 9.84 Å². The lowest BCUT2D eigenvalue weighted by Gasteiger charge is -2.10. The Kier molecular flexibility index (Phi) is 5.17. The first-order valence-corrected chi connectivity index (χ1v) is 9.19. The molecule has 0 aliphatic rings. The highest BCUT2D eigenvalue weighted by atomic mass is 16.5. The number of rotatable bonds is 5. The van der Waals surface area contributed by atoms with E-state index in [-0.39, 0.29) is 24.0 Å². The van der Waals surface area contributed by atoms with Gasteiger partial charge in [0.25, 0.3) is 11.4 Å². The molecule has 0 aliphatic carbocycles. The number of benzene rings is 1. The molecule has 9 nitrogen and oxygen atoms in total. The molecule has 1 aromatic carbocycles. The Balaban J connectivity index is 1.54. The first kappa shape index (κ1) is 19.2. The summed E-state index contributed by atoms with van der Waals surface area (Å²) in [7, 11) is 0. The summed E-state index contributed by atoms with van der Waals surface area (Å²) >= 11 is 0. The minimum absolute atomic E-state index is 0.136. The van der Waals surface area contributed by atoms with E-state index in [1.54, 1.807) is 24.5 Å². The van der Waals surface area contributed by atoms with Gasteiger partial charge in [-0.1, -0.05) is 22.9 Å². The molecular formula is C21H18N6O3. The second-order valence-corrected chi connectivity index (χ2v) is 6.75. The maximum absolute atomic E-state index is 12.4. The molecule has 150 valence electrons. The SMILES string of the molecule is Cc1ccc(NC(=O)Cn2nc(-c3nc(-c4cccnc4)no3)ccc2=O)c(C)c1. The van der Waals surface area contributed by atoms with E-state index in [1.807, 2.05) is 32.0 Å². The molecule has 4 rings (SSSR count). The maximum atomic E-state index is 12.4. The molecule has 0 spiro atoms. The maximum Gasteiger partial charge on any atom is 0.278 e. The normalized spacial score (nSPS) is 10.7. The quantitative estimate of drug-likeness (QED) is 0.545. The summed E-state index contributed by atoms with van der Waals surface area (Å²) in [4.78, 5) is 32.9. The van der Waals surface area contributed by atoms with Crippen molar-refractivity contribution in [1.82, 2.24) is 24.9 Å². The summed E-state index contributed by atoms with van der Waals surface area (Å²) in [5.74, 6) is 0.123. The van der Waals surface area contributed by atoms with Gasteiger partial charge in [-0.15, -0.1) is 0 Å². The van der Waals surface area contributed by atoms with Crippen LogP contribution in [0.15, 0.2) is 64.2 Å². The number of hydrogen-bond acceptors (Lipinski definition) is 7. The van der Waals surface area contributed by atoms with Crippen molar-refractivity contribution in [1.29, 1.82) is 0 Å². The number of aryl methyl sites for hydroxylation is 2. The second-order valence-electron chi connectivity index (χ2n) is 6.75. The van der Waals surface area contributed by atoms with Gasteiger partial charge >= 0.3 is 0 Å². The molecule has 0 bridgehead atoms. The number of hydrogen-bond donors (Lipinski definition) is 1. The summed E-state index contributed by atoms with van der Waals surface area (Å²) in [6.45, 7) is 3.64. The molecular weight excluding hydrogens is 384 g/mol. The molecule has 0 unspecified atom stereocenters. The monoisotopic (exact) mass is 402 g/mol. The van der Waals surface area contributed by atoms with Crippen LogP contribution in [0.1, 0.15) is 11.1 Å². The van der Waals surface area contributed by atoms with Gasteiger partial charge in [-0.05, 0) is 43.7 Å². The number of nitrogens with zero attached hydrogens (tertiary/aromatic N) is 5.